The van der Waals surface area contributed by atoms with Gasteiger partial charge >= 0.3 is 0 Å². The third-order valence-corrected chi connectivity index (χ3v) is 5.17. The molecule has 1 atom stereocenters. The normalized spacial score (nSPS) is 12.3. The molecule has 10 nitrogen and oxygen atoms in total. The van der Waals surface area contributed by atoms with E-state index < -0.39 is 10.7 Å². The lowest BCUT2D eigenvalue weighted by Gasteiger charge is -2.19. The van der Waals surface area contributed by atoms with E-state index in [0.29, 0.717) is 23.1 Å². The predicted molar refractivity (Wildman–Crippen MR) is 114 cm³/mol. The standard InChI is InChI=1S/C20H23N7O3/c1-11-7-13(27(29)30)5-6-14(11)15-9-23-20-16(10-24-26(20)19(15)22)18(28)17(21)8-12(2)25(3)4/h5-7,9-10,12,21H,8,22H2,1-4H3. The van der Waals surface area contributed by atoms with Crippen LogP contribution in [0.5, 0.6) is 0 Å². The highest BCUT2D eigenvalue weighted by Crippen LogP contribution is 2.31. The summed E-state index contributed by atoms with van der Waals surface area (Å²) < 4.78 is 1.35. The molecule has 0 aliphatic heterocycles. The Bertz CT molecular complexity index is 1170. The van der Waals surface area contributed by atoms with Gasteiger partial charge < -0.3 is 16.0 Å². The number of nitrogens with one attached hydrogen (secondary N) is 1. The van der Waals surface area contributed by atoms with Crippen molar-refractivity contribution >= 4 is 28.6 Å². The summed E-state index contributed by atoms with van der Waals surface area (Å²) in [5.74, 6) is -0.186. The molecule has 0 aliphatic rings. The second kappa shape index (κ2) is 7.99. The number of nitrogens with zero attached hydrogens (tertiary/aromatic N) is 5. The van der Waals surface area contributed by atoms with Crippen molar-refractivity contribution in [2.75, 3.05) is 19.8 Å². The van der Waals surface area contributed by atoms with Crippen molar-refractivity contribution in [2.45, 2.75) is 26.3 Å². The summed E-state index contributed by atoms with van der Waals surface area (Å²) in [6.45, 7) is 3.68. The van der Waals surface area contributed by atoms with Crippen molar-refractivity contribution in [1.82, 2.24) is 19.5 Å². The van der Waals surface area contributed by atoms with E-state index in [1.54, 1.807) is 13.0 Å². The van der Waals surface area contributed by atoms with E-state index in [1.165, 1.54) is 29.0 Å². The summed E-state index contributed by atoms with van der Waals surface area (Å²) >= 11 is 0. The van der Waals surface area contributed by atoms with Crippen LogP contribution in [-0.4, -0.2) is 56.1 Å². The SMILES string of the molecule is Cc1cc([N+](=O)[O-])ccc1-c1cnc2c(C(=O)C(=N)CC(C)N(C)C)cnn2c1N. The van der Waals surface area contributed by atoms with Crippen LogP contribution in [0.1, 0.15) is 29.3 Å². The van der Waals surface area contributed by atoms with E-state index in [2.05, 4.69) is 10.1 Å². The molecule has 2 heterocycles. The van der Waals surface area contributed by atoms with Crippen molar-refractivity contribution in [2.24, 2.45) is 0 Å². The number of fused-ring (bicyclic) bond motifs is 1. The van der Waals surface area contributed by atoms with Crippen LogP contribution in [0.2, 0.25) is 0 Å². The summed E-state index contributed by atoms with van der Waals surface area (Å²) in [6.07, 6.45) is 3.18. The number of nitrogens with two attached hydrogens (primary N) is 1. The van der Waals surface area contributed by atoms with E-state index in [0.717, 1.165) is 0 Å². The largest absolute Gasteiger partial charge is 0.383 e. The van der Waals surface area contributed by atoms with Gasteiger partial charge in [-0.1, -0.05) is 0 Å². The number of non-ortho nitro benzene ring substituents is 1. The van der Waals surface area contributed by atoms with E-state index >= 15 is 0 Å². The van der Waals surface area contributed by atoms with Gasteiger partial charge in [0, 0.05) is 36.4 Å². The number of aromatic nitrogens is 3. The number of nitro benzene ring substituents is 1. The molecule has 0 aliphatic carbocycles. The van der Waals surface area contributed by atoms with Crippen LogP contribution in [-0.2, 0) is 0 Å². The van der Waals surface area contributed by atoms with Gasteiger partial charge in [0.15, 0.2) is 5.65 Å². The van der Waals surface area contributed by atoms with Gasteiger partial charge in [0.1, 0.15) is 5.82 Å². The molecule has 0 saturated carbocycles. The Hall–Kier alpha value is -3.66. The average Bonchev–Trinajstić information content (AvgIpc) is 3.12. The number of nitrogen functional groups attached to an aromatic ring is 1. The first-order valence-electron chi connectivity index (χ1n) is 9.28. The second-order valence-corrected chi connectivity index (χ2v) is 7.43. The summed E-state index contributed by atoms with van der Waals surface area (Å²) in [7, 11) is 3.78. The quantitative estimate of drug-likeness (QED) is 0.264. The summed E-state index contributed by atoms with van der Waals surface area (Å²) in [4.78, 5) is 29.6. The van der Waals surface area contributed by atoms with Gasteiger partial charge in [-0.3, -0.25) is 14.9 Å². The molecule has 3 N–H and O–H groups in total. The lowest BCUT2D eigenvalue weighted by Crippen LogP contribution is -2.29. The van der Waals surface area contributed by atoms with Crippen molar-refractivity contribution in [3.05, 3.63) is 51.8 Å². The molecule has 0 radical (unpaired) electrons. The molecule has 30 heavy (non-hydrogen) atoms. The van der Waals surface area contributed by atoms with E-state index in [4.69, 9.17) is 11.1 Å². The van der Waals surface area contributed by atoms with Gasteiger partial charge in [0.2, 0.25) is 5.78 Å². The highest BCUT2D eigenvalue weighted by atomic mass is 16.6. The minimum absolute atomic E-state index is 0.0127. The highest BCUT2D eigenvalue weighted by Gasteiger charge is 2.23. The van der Waals surface area contributed by atoms with Crippen molar-refractivity contribution in [1.29, 1.82) is 5.41 Å². The minimum Gasteiger partial charge on any atom is -0.383 e. The fraction of sp³-hybridized carbons (Fsp3) is 0.300. The number of carbonyl (C=O) groups is 1. The highest BCUT2D eigenvalue weighted by molar-refractivity contribution is 6.46. The molecule has 1 unspecified atom stereocenters. The van der Waals surface area contributed by atoms with Gasteiger partial charge in [-0.2, -0.15) is 9.61 Å². The third kappa shape index (κ3) is 3.77. The zero-order valence-electron chi connectivity index (χ0n) is 17.2. The van der Waals surface area contributed by atoms with Crippen molar-refractivity contribution in [3.8, 4) is 11.1 Å². The molecule has 3 aromatic rings. The van der Waals surface area contributed by atoms with Crippen LogP contribution < -0.4 is 5.73 Å². The number of aryl methyl sites for hydroxylation is 1. The number of anilines is 1. The van der Waals surface area contributed by atoms with E-state index in [1.807, 2.05) is 25.9 Å². The summed E-state index contributed by atoms with van der Waals surface area (Å²) in [5, 5.41) is 23.3. The van der Waals surface area contributed by atoms with Gasteiger partial charge in [-0.15, -0.1) is 0 Å². The van der Waals surface area contributed by atoms with Gasteiger partial charge in [-0.25, -0.2) is 4.98 Å². The molecular weight excluding hydrogens is 386 g/mol. The minimum atomic E-state index is -0.459. The lowest BCUT2D eigenvalue weighted by molar-refractivity contribution is -0.384. The predicted octanol–water partition coefficient (Wildman–Crippen LogP) is 2.74. The molecule has 156 valence electrons. The number of ketones is 1. The lowest BCUT2D eigenvalue weighted by atomic mass is 10.0. The van der Waals surface area contributed by atoms with Crippen LogP contribution in [0.15, 0.2) is 30.6 Å². The van der Waals surface area contributed by atoms with E-state index in [-0.39, 0.29) is 34.5 Å². The monoisotopic (exact) mass is 409 g/mol. The number of hydrogen-bond acceptors (Lipinski definition) is 8. The van der Waals surface area contributed by atoms with Crippen LogP contribution in [0, 0.1) is 22.4 Å². The second-order valence-electron chi connectivity index (χ2n) is 7.43. The first kappa shape index (κ1) is 21.1. The number of nitro groups is 1. The molecular formula is C20H23N7O3. The molecule has 0 bridgehead atoms. The molecule has 1 aromatic carbocycles. The van der Waals surface area contributed by atoms with E-state index in [9.17, 15) is 14.9 Å². The summed E-state index contributed by atoms with van der Waals surface area (Å²) in [6, 6.07) is 4.51. The Labute approximate surface area is 173 Å². The van der Waals surface area contributed by atoms with Crippen LogP contribution >= 0.6 is 0 Å². The number of hydrogen-bond donors (Lipinski definition) is 2. The first-order valence-corrected chi connectivity index (χ1v) is 9.28. The fourth-order valence-corrected chi connectivity index (χ4v) is 3.11. The Morgan fingerprint density at radius 2 is 2.03 bits per heavy atom. The van der Waals surface area contributed by atoms with Gasteiger partial charge in [0.05, 0.1) is 22.4 Å². The Balaban J connectivity index is 1.99. The fourth-order valence-electron chi connectivity index (χ4n) is 3.11. The maximum Gasteiger partial charge on any atom is 0.269 e. The third-order valence-electron chi connectivity index (χ3n) is 5.17. The first-order chi connectivity index (χ1) is 14.1. The number of carbonyl (C=O) groups excluding carboxylic acids is 1. The topological polar surface area (TPSA) is 144 Å². The maximum atomic E-state index is 12.8. The zero-order valence-corrected chi connectivity index (χ0v) is 17.2. The molecule has 2 aromatic heterocycles. The smallest absolute Gasteiger partial charge is 0.269 e. The molecule has 0 spiro atoms. The van der Waals surface area contributed by atoms with Crippen molar-refractivity contribution in [3.63, 3.8) is 0 Å². The van der Waals surface area contributed by atoms with Crippen LogP contribution in [0.25, 0.3) is 16.8 Å². The van der Waals surface area contributed by atoms with Crippen LogP contribution in [0.3, 0.4) is 0 Å². The van der Waals surface area contributed by atoms with Crippen molar-refractivity contribution < 1.29 is 9.72 Å². The molecule has 0 fully saturated rings. The molecule has 3 rings (SSSR count). The Kier molecular flexibility index (Phi) is 5.61. The number of benzene rings is 1. The molecule has 10 heteroatoms. The Morgan fingerprint density at radius 3 is 2.63 bits per heavy atom. The molecule has 0 amide bonds. The van der Waals surface area contributed by atoms with Gasteiger partial charge in [-0.05, 0) is 45.1 Å². The number of Topliss-reactive ketones (excluding diaryl/α,β-unsaturated/α-hetero) is 1. The average molecular weight is 409 g/mol. The Morgan fingerprint density at radius 1 is 1.33 bits per heavy atom. The van der Waals surface area contributed by atoms with Gasteiger partial charge in [0.25, 0.3) is 5.69 Å². The van der Waals surface area contributed by atoms with Crippen LogP contribution in [0.4, 0.5) is 11.5 Å². The molecule has 0 saturated heterocycles. The maximum absolute atomic E-state index is 12.8. The zero-order chi connectivity index (χ0) is 22.2. The number of rotatable bonds is 7. The summed E-state index contributed by atoms with van der Waals surface area (Å²) in [5.41, 5.74) is 8.62.